The van der Waals surface area contributed by atoms with Gasteiger partial charge in [-0.2, -0.15) is 8.42 Å². The minimum atomic E-state index is -3.88. The Labute approximate surface area is 143 Å². The van der Waals surface area contributed by atoms with Crippen LogP contribution in [0.1, 0.15) is 12.8 Å². The Morgan fingerprint density at radius 1 is 1.29 bits per heavy atom. The van der Waals surface area contributed by atoms with Crippen LogP contribution in [0.2, 0.25) is 0 Å². The first-order valence-electron chi connectivity index (χ1n) is 6.17. The molecule has 1 aliphatic rings. The van der Waals surface area contributed by atoms with Gasteiger partial charge in [0.25, 0.3) is 10.1 Å². The maximum Gasteiger partial charge on any atom is 0.264 e. The smallest absolute Gasteiger partial charge is 0.264 e. The number of halogens is 2. The second kappa shape index (κ2) is 7.60. The zero-order chi connectivity index (χ0) is 15.5. The monoisotopic (exact) mass is 464 g/mol. The van der Waals surface area contributed by atoms with E-state index in [9.17, 15) is 8.42 Å². The SMILES string of the molecule is O=S(=O)(O)CCCCOCC1COc2c(Br)sc(Br)c2O1. The van der Waals surface area contributed by atoms with Gasteiger partial charge in [0.15, 0.2) is 17.6 Å². The zero-order valence-electron chi connectivity index (χ0n) is 10.9. The lowest BCUT2D eigenvalue weighted by Gasteiger charge is -2.24. The molecule has 1 aromatic heterocycles. The van der Waals surface area contributed by atoms with Crippen molar-refractivity contribution in [3.05, 3.63) is 7.57 Å². The molecule has 0 bridgehead atoms. The predicted octanol–water partition coefficient (Wildman–Crippen LogP) is 3.10. The number of fused-ring (bicyclic) bond motifs is 1. The molecule has 6 nitrogen and oxygen atoms in total. The standard InChI is InChI=1S/C11H14Br2O6S2/c12-10-8-9(11(13)20-10)19-7(6-18-8)5-17-3-1-2-4-21(14,15)16/h7H,1-6H2,(H,14,15,16). The number of hydrogen-bond donors (Lipinski definition) is 1. The van der Waals surface area contributed by atoms with E-state index in [0.717, 1.165) is 7.57 Å². The zero-order valence-corrected chi connectivity index (χ0v) is 15.7. The molecule has 2 heterocycles. The Morgan fingerprint density at radius 2 is 2.00 bits per heavy atom. The molecule has 1 N–H and O–H groups in total. The van der Waals surface area contributed by atoms with Crippen LogP contribution in [0.15, 0.2) is 7.57 Å². The van der Waals surface area contributed by atoms with E-state index in [4.69, 9.17) is 18.8 Å². The third-order valence-electron chi connectivity index (χ3n) is 2.69. The average Bonchev–Trinajstić information content (AvgIpc) is 2.68. The highest BCUT2D eigenvalue weighted by atomic mass is 79.9. The molecule has 0 fully saturated rings. The van der Waals surface area contributed by atoms with Gasteiger partial charge in [-0.1, -0.05) is 0 Å². The molecular formula is C11H14Br2O6S2. The van der Waals surface area contributed by atoms with Crippen molar-refractivity contribution in [2.45, 2.75) is 18.9 Å². The summed E-state index contributed by atoms with van der Waals surface area (Å²) >= 11 is 8.30. The summed E-state index contributed by atoms with van der Waals surface area (Å²) in [6.07, 6.45) is 0.734. The van der Waals surface area contributed by atoms with Gasteiger partial charge < -0.3 is 14.2 Å². The van der Waals surface area contributed by atoms with Crippen molar-refractivity contribution in [2.75, 3.05) is 25.6 Å². The lowest BCUT2D eigenvalue weighted by Crippen LogP contribution is -2.33. The molecule has 1 aromatic rings. The van der Waals surface area contributed by atoms with Gasteiger partial charge in [-0.25, -0.2) is 0 Å². The first-order valence-corrected chi connectivity index (χ1v) is 10.2. The fourth-order valence-corrected chi connectivity index (χ4v) is 5.13. The van der Waals surface area contributed by atoms with Crippen molar-refractivity contribution < 1.29 is 27.2 Å². The summed E-state index contributed by atoms with van der Waals surface area (Å²) in [6, 6.07) is 0. The Kier molecular flexibility index (Phi) is 6.33. The van der Waals surface area contributed by atoms with Gasteiger partial charge in [0.2, 0.25) is 0 Å². The Hall–Kier alpha value is 0.130. The molecule has 0 amide bonds. The second-order valence-corrected chi connectivity index (χ2v) is 9.66. The van der Waals surface area contributed by atoms with Gasteiger partial charge in [-0.3, -0.25) is 4.55 Å². The molecule has 0 aromatic carbocycles. The van der Waals surface area contributed by atoms with E-state index >= 15 is 0 Å². The summed E-state index contributed by atoms with van der Waals surface area (Å²) in [5, 5.41) is 0. The average molecular weight is 466 g/mol. The minimum absolute atomic E-state index is 0.197. The van der Waals surface area contributed by atoms with E-state index < -0.39 is 10.1 Å². The third kappa shape index (κ3) is 5.36. The fourth-order valence-electron chi connectivity index (χ4n) is 1.73. The molecule has 1 atom stereocenters. The molecule has 1 unspecified atom stereocenters. The molecule has 0 saturated heterocycles. The molecule has 0 saturated carbocycles. The maximum atomic E-state index is 10.5. The minimum Gasteiger partial charge on any atom is -0.484 e. The van der Waals surface area contributed by atoms with E-state index in [1.54, 1.807) is 0 Å². The molecular weight excluding hydrogens is 452 g/mol. The van der Waals surface area contributed by atoms with Crippen molar-refractivity contribution in [3.63, 3.8) is 0 Å². The fraction of sp³-hybridized carbons (Fsp3) is 0.636. The molecule has 0 aliphatic carbocycles. The second-order valence-electron chi connectivity index (χ2n) is 4.43. The lowest BCUT2D eigenvalue weighted by atomic mass is 10.3. The van der Waals surface area contributed by atoms with Crippen molar-refractivity contribution in [1.29, 1.82) is 0 Å². The van der Waals surface area contributed by atoms with Crippen LogP contribution in [-0.4, -0.2) is 44.6 Å². The van der Waals surface area contributed by atoms with Crippen molar-refractivity contribution in [2.24, 2.45) is 0 Å². The van der Waals surface area contributed by atoms with Gasteiger partial charge in [0.1, 0.15) is 14.2 Å². The van der Waals surface area contributed by atoms with Gasteiger partial charge >= 0.3 is 0 Å². The van der Waals surface area contributed by atoms with Gasteiger partial charge in [0.05, 0.1) is 12.4 Å². The molecule has 0 spiro atoms. The highest BCUT2D eigenvalue weighted by molar-refractivity contribution is 9.12. The summed E-state index contributed by atoms with van der Waals surface area (Å²) < 4.78 is 48.3. The van der Waals surface area contributed by atoms with Crippen LogP contribution in [0, 0.1) is 0 Å². The van der Waals surface area contributed by atoms with E-state index in [1.165, 1.54) is 11.3 Å². The van der Waals surface area contributed by atoms with Crippen molar-refractivity contribution in [1.82, 2.24) is 0 Å². The number of ether oxygens (including phenoxy) is 3. The predicted molar refractivity (Wildman–Crippen MR) is 86.1 cm³/mol. The van der Waals surface area contributed by atoms with Crippen molar-refractivity contribution >= 4 is 53.3 Å². The Morgan fingerprint density at radius 3 is 2.71 bits per heavy atom. The van der Waals surface area contributed by atoms with Crippen molar-refractivity contribution in [3.8, 4) is 11.5 Å². The van der Waals surface area contributed by atoms with Gasteiger partial charge in [-0.15, -0.1) is 11.3 Å². The highest BCUT2D eigenvalue weighted by Crippen LogP contribution is 2.50. The number of unbranched alkanes of at least 4 members (excludes halogenated alkanes) is 1. The number of thiophene rings is 1. The molecule has 2 rings (SSSR count). The molecule has 21 heavy (non-hydrogen) atoms. The number of rotatable bonds is 7. The van der Waals surface area contributed by atoms with E-state index in [2.05, 4.69) is 31.9 Å². The largest absolute Gasteiger partial charge is 0.484 e. The summed E-state index contributed by atoms with van der Waals surface area (Å²) in [7, 11) is -3.88. The van der Waals surface area contributed by atoms with Gasteiger partial charge in [-0.05, 0) is 44.7 Å². The Balaban J connectivity index is 1.68. The van der Waals surface area contributed by atoms with Crippen LogP contribution in [0.25, 0.3) is 0 Å². The lowest BCUT2D eigenvalue weighted by molar-refractivity contribution is 0.00806. The summed E-state index contributed by atoms with van der Waals surface area (Å²) in [5.74, 6) is 1.15. The van der Waals surface area contributed by atoms with E-state index in [1.807, 2.05) is 0 Å². The van der Waals surface area contributed by atoms with Gasteiger partial charge in [0, 0.05) is 6.61 Å². The summed E-state index contributed by atoms with van der Waals surface area (Å²) in [6.45, 7) is 1.18. The quantitative estimate of drug-likeness (QED) is 0.492. The molecule has 120 valence electrons. The highest BCUT2D eigenvalue weighted by Gasteiger charge is 2.27. The van der Waals surface area contributed by atoms with E-state index in [-0.39, 0.29) is 11.9 Å². The van der Waals surface area contributed by atoms with Crippen LogP contribution in [0.5, 0.6) is 11.5 Å². The van der Waals surface area contributed by atoms with Crippen LogP contribution in [0.3, 0.4) is 0 Å². The first kappa shape index (κ1) is 17.5. The van der Waals surface area contributed by atoms with E-state index in [0.29, 0.717) is 44.2 Å². The van der Waals surface area contributed by atoms with Crippen LogP contribution < -0.4 is 9.47 Å². The topological polar surface area (TPSA) is 82.1 Å². The van der Waals surface area contributed by atoms with Crippen LogP contribution >= 0.6 is 43.2 Å². The third-order valence-corrected chi connectivity index (χ3v) is 5.91. The maximum absolute atomic E-state index is 10.5. The first-order chi connectivity index (χ1) is 9.87. The normalized spacial score (nSPS) is 18.0. The summed E-state index contributed by atoms with van der Waals surface area (Å²) in [4.78, 5) is 0. The molecule has 1 aliphatic heterocycles. The summed E-state index contributed by atoms with van der Waals surface area (Å²) in [5.41, 5.74) is 0. The Bertz CT molecular complexity index is 586. The molecule has 0 radical (unpaired) electrons. The van der Waals surface area contributed by atoms with Crippen LogP contribution in [0.4, 0.5) is 0 Å². The number of hydrogen-bond acceptors (Lipinski definition) is 6. The molecule has 10 heteroatoms. The van der Waals surface area contributed by atoms with Crippen LogP contribution in [-0.2, 0) is 14.9 Å².